The van der Waals surface area contributed by atoms with Crippen molar-refractivity contribution in [1.29, 1.82) is 0 Å². The summed E-state index contributed by atoms with van der Waals surface area (Å²) in [6.45, 7) is 0. The van der Waals surface area contributed by atoms with E-state index in [-0.39, 0.29) is 23.1 Å². The molecule has 0 spiro atoms. The summed E-state index contributed by atoms with van der Waals surface area (Å²) in [6, 6.07) is 8.95. The minimum Gasteiger partial charge on any atom is -0.497 e. The topological polar surface area (TPSA) is 76.7 Å². The van der Waals surface area contributed by atoms with Crippen LogP contribution in [0.15, 0.2) is 36.4 Å². The third-order valence-electron chi connectivity index (χ3n) is 5.11. The van der Waals surface area contributed by atoms with Gasteiger partial charge in [0.25, 0.3) is 5.91 Å². The van der Waals surface area contributed by atoms with Crippen LogP contribution in [0.5, 0.6) is 11.5 Å². The van der Waals surface area contributed by atoms with Crippen LogP contribution in [0.3, 0.4) is 0 Å². The molecule has 1 aliphatic carbocycles. The molecule has 0 saturated heterocycles. The summed E-state index contributed by atoms with van der Waals surface area (Å²) in [5, 5.41) is 5.38. The van der Waals surface area contributed by atoms with Crippen LogP contribution in [0, 0.1) is 11.7 Å². The van der Waals surface area contributed by atoms with Crippen LogP contribution in [0.2, 0.25) is 0 Å². The van der Waals surface area contributed by atoms with Crippen molar-refractivity contribution < 1.29 is 23.5 Å². The second kappa shape index (κ2) is 9.41. The van der Waals surface area contributed by atoms with Gasteiger partial charge in [0.15, 0.2) is 0 Å². The predicted molar refractivity (Wildman–Crippen MR) is 109 cm³/mol. The number of halogens is 1. The van der Waals surface area contributed by atoms with Crippen molar-refractivity contribution in [2.45, 2.75) is 32.1 Å². The first kappa shape index (κ1) is 20.6. The lowest BCUT2D eigenvalue weighted by molar-refractivity contribution is -0.120. The van der Waals surface area contributed by atoms with E-state index in [4.69, 9.17) is 9.47 Å². The maximum absolute atomic E-state index is 14.2. The number of carbonyl (C=O) groups excluding carboxylic acids is 2. The molecule has 0 bridgehead atoms. The van der Waals surface area contributed by atoms with E-state index < -0.39 is 11.7 Å². The van der Waals surface area contributed by atoms with E-state index in [1.54, 1.807) is 18.2 Å². The normalized spacial score (nSPS) is 14.2. The van der Waals surface area contributed by atoms with E-state index in [2.05, 4.69) is 10.6 Å². The lowest BCUT2D eigenvalue weighted by Crippen LogP contribution is -2.25. The molecule has 0 aliphatic heterocycles. The Morgan fingerprint density at radius 2 is 1.72 bits per heavy atom. The molecular weight excluding hydrogens is 375 g/mol. The number of amides is 2. The molecule has 1 aliphatic rings. The molecule has 0 atom stereocenters. The summed E-state index contributed by atoms with van der Waals surface area (Å²) in [7, 11) is 2.97. The first-order chi connectivity index (χ1) is 14.0. The number of benzene rings is 2. The van der Waals surface area contributed by atoms with Crippen LogP contribution < -0.4 is 20.1 Å². The van der Waals surface area contributed by atoms with E-state index >= 15 is 0 Å². The number of hydrogen-bond donors (Lipinski definition) is 2. The van der Waals surface area contributed by atoms with E-state index in [9.17, 15) is 14.0 Å². The monoisotopic (exact) mass is 400 g/mol. The number of methoxy groups -OCH3 is 2. The van der Waals surface area contributed by atoms with Crippen molar-refractivity contribution in [3.63, 3.8) is 0 Å². The Morgan fingerprint density at radius 1 is 0.966 bits per heavy atom. The third-order valence-corrected chi connectivity index (χ3v) is 5.11. The van der Waals surface area contributed by atoms with Crippen LogP contribution in [-0.2, 0) is 4.79 Å². The number of anilines is 2. The van der Waals surface area contributed by atoms with E-state index in [0.717, 1.165) is 32.1 Å². The standard InChI is InChI=1S/C22H25FN2O4/c1-28-16-9-11-20(29-2)17(13-16)22(27)24-15-8-10-18(23)19(12-15)25-21(26)14-6-4-3-5-7-14/h8-14H,3-7H2,1-2H3,(H,24,27)(H,25,26). The zero-order valence-corrected chi connectivity index (χ0v) is 16.6. The lowest BCUT2D eigenvalue weighted by atomic mass is 9.88. The fourth-order valence-electron chi connectivity index (χ4n) is 3.49. The fourth-order valence-corrected chi connectivity index (χ4v) is 3.49. The molecule has 2 N–H and O–H groups in total. The van der Waals surface area contributed by atoms with Gasteiger partial charge in [-0.05, 0) is 49.2 Å². The van der Waals surface area contributed by atoms with E-state index in [1.807, 2.05) is 0 Å². The summed E-state index contributed by atoms with van der Waals surface area (Å²) in [5.74, 6) is -0.362. The average molecular weight is 400 g/mol. The molecule has 0 radical (unpaired) electrons. The maximum Gasteiger partial charge on any atom is 0.259 e. The molecule has 2 aromatic carbocycles. The quantitative estimate of drug-likeness (QED) is 0.742. The van der Waals surface area contributed by atoms with Crippen molar-refractivity contribution in [1.82, 2.24) is 0 Å². The van der Waals surface area contributed by atoms with Crippen molar-refractivity contribution in [2.24, 2.45) is 5.92 Å². The molecule has 2 amide bonds. The molecular formula is C22H25FN2O4. The number of rotatable bonds is 6. The van der Waals surface area contributed by atoms with Gasteiger partial charge in [-0.2, -0.15) is 0 Å². The molecule has 1 saturated carbocycles. The molecule has 0 unspecified atom stereocenters. The van der Waals surface area contributed by atoms with Gasteiger partial charge in [-0.25, -0.2) is 4.39 Å². The summed E-state index contributed by atoms with van der Waals surface area (Å²) >= 11 is 0. The van der Waals surface area contributed by atoms with Crippen LogP contribution in [-0.4, -0.2) is 26.0 Å². The highest BCUT2D eigenvalue weighted by Gasteiger charge is 2.22. The Labute approximate surface area is 169 Å². The van der Waals surface area contributed by atoms with Gasteiger partial charge in [0.05, 0.1) is 25.5 Å². The fraction of sp³-hybridized carbons (Fsp3) is 0.364. The zero-order valence-electron chi connectivity index (χ0n) is 16.6. The van der Waals surface area contributed by atoms with E-state index in [1.165, 1.54) is 32.4 Å². The predicted octanol–water partition coefficient (Wildman–Crippen LogP) is 4.61. The first-order valence-corrected chi connectivity index (χ1v) is 9.65. The maximum atomic E-state index is 14.2. The van der Waals surface area contributed by atoms with Crippen molar-refractivity contribution in [3.8, 4) is 11.5 Å². The summed E-state index contributed by atoms with van der Waals surface area (Å²) < 4.78 is 24.6. The van der Waals surface area contributed by atoms with Crippen LogP contribution in [0.1, 0.15) is 42.5 Å². The van der Waals surface area contributed by atoms with Gasteiger partial charge in [0.1, 0.15) is 17.3 Å². The Balaban J connectivity index is 1.75. The van der Waals surface area contributed by atoms with Gasteiger partial charge in [-0.1, -0.05) is 19.3 Å². The van der Waals surface area contributed by atoms with Crippen LogP contribution in [0.25, 0.3) is 0 Å². The zero-order chi connectivity index (χ0) is 20.8. The molecule has 29 heavy (non-hydrogen) atoms. The van der Waals surface area contributed by atoms with Crippen molar-refractivity contribution in [2.75, 3.05) is 24.9 Å². The smallest absolute Gasteiger partial charge is 0.259 e. The van der Waals surface area contributed by atoms with Gasteiger partial charge < -0.3 is 20.1 Å². The second-order valence-electron chi connectivity index (χ2n) is 7.04. The summed E-state index contributed by atoms with van der Waals surface area (Å²) in [6.07, 6.45) is 4.80. The second-order valence-corrected chi connectivity index (χ2v) is 7.04. The molecule has 7 heteroatoms. The minimum atomic E-state index is -0.550. The first-order valence-electron chi connectivity index (χ1n) is 9.65. The van der Waals surface area contributed by atoms with Gasteiger partial charge in [0, 0.05) is 11.6 Å². The Hall–Kier alpha value is -3.09. The third kappa shape index (κ3) is 5.04. The average Bonchev–Trinajstić information content (AvgIpc) is 2.76. The highest BCUT2D eigenvalue weighted by Crippen LogP contribution is 2.28. The largest absolute Gasteiger partial charge is 0.497 e. The lowest BCUT2D eigenvalue weighted by Gasteiger charge is -2.21. The van der Waals surface area contributed by atoms with E-state index in [0.29, 0.717) is 17.2 Å². The van der Waals surface area contributed by atoms with Crippen molar-refractivity contribution in [3.05, 3.63) is 47.8 Å². The number of nitrogens with one attached hydrogen (secondary N) is 2. The highest BCUT2D eigenvalue weighted by molar-refractivity contribution is 6.07. The Morgan fingerprint density at radius 3 is 2.41 bits per heavy atom. The van der Waals surface area contributed by atoms with Gasteiger partial charge in [-0.3, -0.25) is 9.59 Å². The molecule has 6 nitrogen and oxygen atoms in total. The van der Waals surface area contributed by atoms with Gasteiger partial charge in [-0.15, -0.1) is 0 Å². The van der Waals surface area contributed by atoms with Gasteiger partial charge in [0.2, 0.25) is 5.91 Å². The molecule has 154 valence electrons. The molecule has 0 heterocycles. The molecule has 3 rings (SSSR count). The molecule has 2 aromatic rings. The number of carbonyl (C=O) groups is 2. The molecule has 0 aromatic heterocycles. The Kier molecular flexibility index (Phi) is 6.69. The SMILES string of the molecule is COc1ccc(OC)c(C(=O)Nc2ccc(F)c(NC(=O)C3CCCCC3)c2)c1. The number of ether oxygens (including phenoxy) is 2. The molecule has 1 fully saturated rings. The number of hydrogen-bond acceptors (Lipinski definition) is 4. The van der Waals surface area contributed by atoms with Crippen LogP contribution >= 0.6 is 0 Å². The summed E-state index contributed by atoms with van der Waals surface area (Å²) in [5.41, 5.74) is 0.695. The highest BCUT2D eigenvalue weighted by atomic mass is 19.1. The van der Waals surface area contributed by atoms with Crippen molar-refractivity contribution >= 4 is 23.2 Å². The summed E-state index contributed by atoms with van der Waals surface area (Å²) in [4.78, 5) is 25.1. The van der Waals surface area contributed by atoms with Crippen LogP contribution in [0.4, 0.5) is 15.8 Å². The Bertz CT molecular complexity index is 894. The minimum absolute atomic E-state index is 0.0518. The van der Waals surface area contributed by atoms with Gasteiger partial charge >= 0.3 is 0 Å².